The maximum absolute atomic E-state index is 12.5. The van der Waals surface area contributed by atoms with Gasteiger partial charge in [0.1, 0.15) is 5.70 Å². The molecule has 28 heavy (non-hydrogen) atoms. The van der Waals surface area contributed by atoms with Crippen LogP contribution in [0.2, 0.25) is 15.1 Å². The van der Waals surface area contributed by atoms with E-state index in [0.717, 1.165) is 12.1 Å². The number of nitro benzene ring substituents is 1. The zero-order valence-electron chi connectivity index (χ0n) is 14.4. The second-order valence-corrected chi connectivity index (χ2v) is 6.57. The fourth-order valence-corrected chi connectivity index (χ4v) is 2.84. The van der Waals surface area contributed by atoms with Gasteiger partial charge in [-0.1, -0.05) is 40.9 Å². The summed E-state index contributed by atoms with van der Waals surface area (Å²) in [6.07, 6.45) is 1.33. The predicted octanol–water partition coefficient (Wildman–Crippen LogP) is 4.89. The molecule has 0 aliphatic rings. The molecular weight excluding hydrogens is 431 g/mol. The number of hydrogen-bond donors (Lipinski definition) is 1. The first-order valence-electron chi connectivity index (χ1n) is 7.82. The second kappa shape index (κ2) is 9.54. The van der Waals surface area contributed by atoms with Gasteiger partial charge in [-0.2, -0.15) is 0 Å². The summed E-state index contributed by atoms with van der Waals surface area (Å²) in [6.45, 7) is 1.69. The van der Waals surface area contributed by atoms with E-state index in [1.54, 1.807) is 19.1 Å². The number of amides is 1. The minimum atomic E-state index is -0.792. The topological polar surface area (TPSA) is 98.5 Å². The maximum atomic E-state index is 12.5. The number of nitrogens with zero attached hydrogens (tertiary/aromatic N) is 1. The number of carbonyl (C=O) groups excluding carboxylic acids is 2. The number of nitrogens with one attached hydrogen (secondary N) is 1. The van der Waals surface area contributed by atoms with Gasteiger partial charge in [-0.15, -0.1) is 0 Å². The molecule has 2 aromatic rings. The number of hydrogen-bond acceptors (Lipinski definition) is 5. The highest BCUT2D eigenvalue weighted by molar-refractivity contribution is 6.35. The van der Waals surface area contributed by atoms with Crippen molar-refractivity contribution in [2.24, 2.45) is 0 Å². The van der Waals surface area contributed by atoms with Crippen LogP contribution < -0.4 is 5.32 Å². The molecule has 10 heteroatoms. The van der Waals surface area contributed by atoms with Crippen LogP contribution in [0.1, 0.15) is 22.8 Å². The Bertz CT molecular complexity index is 976. The first-order valence-corrected chi connectivity index (χ1v) is 8.95. The molecule has 1 amide bonds. The molecule has 7 nitrogen and oxygen atoms in total. The first kappa shape index (κ1) is 21.7. The highest BCUT2D eigenvalue weighted by atomic mass is 35.5. The Balaban J connectivity index is 2.37. The zero-order chi connectivity index (χ0) is 20.8. The Hall–Kier alpha value is -2.61. The van der Waals surface area contributed by atoms with Crippen molar-refractivity contribution < 1.29 is 19.2 Å². The van der Waals surface area contributed by atoms with Gasteiger partial charge in [-0.3, -0.25) is 14.9 Å². The average Bonchev–Trinajstić information content (AvgIpc) is 2.63. The Kier molecular flexibility index (Phi) is 7.39. The fourth-order valence-electron chi connectivity index (χ4n) is 2.12. The Morgan fingerprint density at radius 1 is 1.14 bits per heavy atom. The van der Waals surface area contributed by atoms with Crippen molar-refractivity contribution in [3.05, 3.63) is 78.4 Å². The van der Waals surface area contributed by atoms with Crippen molar-refractivity contribution in [3.8, 4) is 0 Å². The van der Waals surface area contributed by atoms with Crippen molar-refractivity contribution in [2.75, 3.05) is 6.61 Å². The number of halogens is 3. The van der Waals surface area contributed by atoms with E-state index in [1.807, 2.05) is 0 Å². The molecular formula is C18H13Cl3N2O5. The molecule has 0 fully saturated rings. The summed E-state index contributed by atoms with van der Waals surface area (Å²) >= 11 is 17.9. The quantitative estimate of drug-likeness (QED) is 0.297. The van der Waals surface area contributed by atoms with Gasteiger partial charge < -0.3 is 10.1 Å². The Labute approximate surface area is 175 Å². The largest absolute Gasteiger partial charge is 0.461 e. The summed E-state index contributed by atoms with van der Waals surface area (Å²) in [6, 6.07) is 7.97. The van der Waals surface area contributed by atoms with Crippen LogP contribution in [0.25, 0.3) is 6.08 Å². The molecule has 0 aliphatic carbocycles. The smallest absolute Gasteiger partial charge is 0.354 e. The molecule has 0 heterocycles. The molecule has 0 unspecified atom stereocenters. The van der Waals surface area contributed by atoms with Crippen molar-refractivity contribution in [1.82, 2.24) is 5.32 Å². The lowest BCUT2D eigenvalue weighted by molar-refractivity contribution is -0.384. The van der Waals surface area contributed by atoms with E-state index >= 15 is 0 Å². The Morgan fingerprint density at radius 2 is 1.86 bits per heavy atom. The van der Waals surface area contributed by atoms with Crippen molar-refractivity contribution in [3.63, 3.8) is 0 Å². The maximum Gasteiger partial charge on any atom is 0.354 e. The molecule has 0 bridgehead atoms. The van der Waals surface area contributed by atoms with Gasteiger partial charge in [0.25, 0.3) is 11.6 Å². The summed E-state index contributed by atoms with van der Waals surface area (Å²) in [7, 11) is 0. The standard InChI is InChI=1S/C18H13Cl3N2O5/c1-2-28-18(25)16(7-10-3-4-11(19)8-14(10)20)22-17(24)13-6-5-12(23(26)27)9-15(13)21/h3-9H,2H2,1H3,(H,22,24)/b16-7-. The van der Waals surface area contributed by atoms with E-state index in [4.69, 9.17) is 39.5 Å². The van der Waals surface area contributed by atoms with Gasteiger partial charge in [-0.25, -0.2) is 4.79 Å². The van der Waals surface area contributed by atoms with Gasteiger partial charge in [0.05, 0.1) is 22.1 Å². The second-order valence-electron chi connectivity index (χ2n) is 5.32. The minimum absolute atomic E-state index is 0.0512. The van der Waals surface area contributed by atoms with Crippen LogP contribution in [0.15, 0.2) is 42.1 Å². The number of carbonyl (C=O) groups is 2. The number of esters is 1. The van der Waals surface area contributed by atoms with Crippen LogP contribution in [0.3, 0.4) is 0 Å². The summed E-state index contributed by atoms with van der Waals surface area (Å²) in [5.41, 5.74) is -0.0879. The highest BCUT2D eigenvalue weighted by Gasteiger charge is 2.20. The molecule has 2 aromatic carbocycles. The molecule has 146 valence electrons. The van der Waals surface area contributed by atoms with Crippen LogP contribution in [0.5, 0.6) is 0 Å². The fraction of sp³-hybridized carbons (Fsp3) is 0.111. The molecule has 0 saturated carbocycles. The van der Waals surface area contributed by atoms with E-state index in [1.165, 1.54) is 18.2 Å². The summed E-state index contributed by atoms with van der Waals surface area (Å²) in [5.74, 6) is -1.54. The highest BCUT2D eigenvalue weighted by Crippen LogP contribution is 2.25. The van der Waals surface area contributed by atoms with Crippen LogP contribution in [-0.4, -0.2) is 23.4 Å². The lowest BCUT2D eigenvalue weighted by atomic mass is 10.1. The average molecular weight is 444 g/mol. The monoisotopic (exact) mass is 442 g/mol. The molecule has 0 spiro atoms. The van der Waals surface area contributed by atoms with E-state index < -0.39 is 16.8 Å². The lowest BCUT2D eigenvalue weighted by Gasteiger charge is -2.11. The van der Waals surface area contributed by atoms with Crippen LogP contribution in [-0.2, 0) is 9.53 Å². The van der Waals surface area contributed by atoms with E-state index in [0.29, 0.717) is 10.6 Å². The van der Waals surface area contributed by atoms with Crippen LogP contribution in [0, 0.1) is 10.1 Å². The number of benzene rings is 2. The summed E-state index contributed by atoms with van der Waals surface area (Å²) in [4.78, 5) is 34.9. The third kappa shape index (κ3) is 5.45. The van der Waals surface area contributed by atoms with E-state index in [-0.39, 0.29) is 33.6 Å². The van der Waals surface area contributed by atoms with E-state index in [9.17, 15) is 19.7 Å². The molecule has 0 aromatic heterocycles. The first-order chi connectivity index (χ1) is 13.2. The number of rotatable bonds is 6. The third-order valence-electron chi connectivity index (χ3n) is 3.41. The molecule has 0 radical (unpaired) electrons. The van der Waals surface area contributed by atoms with Gasteiger partial charge in [0.15, 0.2) is 0 Å². The normalized spacial score (nSPS) is 11.1. The van der Waals surface area contributed by atoms with Gasteiger partial charge in [-0.05, 0) is 36.8 Å². The van der Waals surface area contributed by atoms with E-state index in [2.05, 4.69) is 5.32 Å². The third-order valence-corrected chi connectivity index (χ3v) is 4.29. The van der Waals surface area contributed by atoms with Gasteiger partial charge >= 0.3 is 5.97 Å². The summed E-state index contributed by atoms with van der Waals surface area (Å²) in [5, 5.41) is 13.7. The lowest BCUT2D eigenvalue weighted by Crippen LogP contribution is -2.28. The van der Waals surface area contributed by atoms with Gasteiger partial charge in [0, 0.05) is 22.2 Å². The van der Waals surface area contributed by atoms with Crippen molar-refractivity contribution >= 4 is 58.4 Å². The molecule has 2 rings (SSSR count). The number of nitro groups is 1. The number of non-ortho nitro benzene ring substituents is 1. The van der Waals surface area contributed by atoms with Crippen LogP contribution >= 0.6 is 34.8 Å². The van der Waals surface area contributed by atoms with Crippen molar-refractivity contribution in [1.29, 1.82) is 0 Å². The predicted molar refractivity (Wildman–Crippen MR) is 107 cm³/mol. The zero-order valence-corrected chi connectivity index (χ0v) is 16.6. The number of ether oxygens (including phenoxy) is 1. The van der Waals surface area contributed by atoms with Gasteiger partial charge in [0.2, 0.25) is 0 Å². The molecule has 0 aliphatic heterocycles. The molecule has 0 atom stereocenters. The van der Waals surface area contributed by atoms with Crippen LogP contribution in [0.4, 0.5) is 5.69 Å². The van der Waals surface area contributed by atoms with Crippen molar-refractivity contribution in [2.45, 2.75) is 6.92 Å². The molecule has 0 saturated heterocycles. The molecule has 1 N–H and O–H groups in total. The summed E-state index contributed by atoms with van der Waals surface area (Å²) < 4.78 is 4.94. The Morgan fingerprint density at radius 3 is 2.43 bits per heavy atom. The minimum Gasteiger partial charge on any atom is -0.461 e. The SMILES string of the molecule is CCOC(=O)/C(=C/c1ccc(Cl)cc1Cl)NC(=O)c1ccc([N+](=O)[O-])cc1Cl.